The van der Waals surface area contributed by atoms with Gasteiger partial charge in [0.2, 0.25) is 5.91 Å². The number of nitrogens with one attached hydrogen (secondary N) is 4. The predicted molar refractivity (Wildman–Crippen MR) is 148 cm³/mol. The van der Waals surface area contributed by atoms with Gasteiger partial charge in [-0.15, -0.1) is 0 Å². The lowest BCUT2D eigenvalue weighted by atomic mass is 10.1. The minimum absolute atomic E-state index is 0.154. The Hall–Kier alpha value is -4.13. The Labute approximate surface area is 226 Å². The molecule has 3 aromatic carbocycles. The predicted octanol–water partition coefficient (Wildman–Crippen LogP) is 3.28. The lowest BCUT2D eigenvalue weighted by molar-refractivity contribution is -0.133. The molecule has 2 amide bonds. The second-order valence-corrected chi connectivity index (χ2v) is 8.94. The molecule has 196 valence electrons. The van der Waals surface area contributed by atoms with Gasteiger partial charge in [-0.05, 0) is 66.6 Å². The monoisotopic (exact) mass is 532 g/mol. The Morgan fingerprint density at radius 1 is 1.00 bits per heavy atom. The number of hydrogen-bond acceptors (Lipinski definition) is 6. The first-order valence-corrected chi connectivity index (χ1v) is 12.2. The Morgan fingerprint density at radius 2 is 1.63 bits per heavy atom. The van der Waals surface area contributed by atoms with E-state index in [2.05, 4.69) is 34.4 Å². The van der Waals surface area contributed by atoms with E-state index in [4.69, 9.17) is 16.8 Å². The SMILES string of the molecule is C=C(N[C@H](C(=O)NO)[C@@H](C)O)c1ccc(C#Cc2ccc(NC(=O)CNCc3cccc(Cl)c3)cc2)cc1. The zero-order valence-electron chi connectivity index (χ0n) is 20.8. The van der Waals surface area contributed by atoms with Crippen LogP contribution in [0.3, 0.4) is 0 Å². The Morgan fingerprint density at radius 3 is 2.21 bits per heavy atom. The molecule has 3 rings (SSSR count). The third kappa shape index (κ3) is 8.76. The molecular formula is C29H29ClN4O4. The first-order chi connectivity index (χ1) is 18.2. The van der Waals surface area contributed by atoms with Crippen LogP contribution < -0.4 is 21.4 Å². The van der Waals surface area contributed by atoms with Gasteiger partial charge in [-0.25, -0.2) is 5.48 Å². The van der Waals surface area contributed by atoms with Crippen LogP contribution in [0.5, 0.6) is 0 Å². The fourth-order valence-electron chi connectivity index (χ4n) is 3.45. The summed E-state index contributed by atoms with van der Waals surface area (Å²) in [4.78, 5) is 23.9. The standard InChI is InChI=1S/C29H29ClN4O4/c1-19(32-28(20(2)35)29(37)34-38)24-12-8-21(9-13-24)6-7-22-10-14-26(15-11-22)33-27(36)18-31-17-23-4-3-5-25(30)16-23/h3-5,8-16,20,28,31-32,35,38H,1,17-18H2,2H3,(H,33,36)(H,34,37)/t20-,28+/m1/s1. The molecule has 0 bridgehead atoms. The Kier molecular flexibility index (Phi) is 10.5. The van der Waals surface area contributed by atoms with Gasteiger partial charge in [-0.2, -0.15) is 0 Å². The number of benzene rings is 3. The third-order valence-electron chi connectivity index (χ3n) is 5.46. The summed E-state index contributed by atoms with van der Waals surface area (Å²) in [6.07, 6.45) is -1.04. The van der Waals surface area contributed by atoms with Crippen molar-refractivity contribution < 1.29 is 19.9 Å². The highest BCUT2D eigenvalue weighted by atomic mass is 35.5. The average molecular weight is 533 g/mol. The van der Waals surface area contributed by atoms with Crippen molar-refractivity contribution in [2.45, 2.75) is 25.6 Å². The molecule has 0 saturated heterocycles. The highest BCUT2D eigenvalue weighted by molar-refractivity contribution is 6.30. The van der Waals surface area contributed by atoms with Crippen LogP contribution in [0.25, 0.3) is 5.70 Å². The van der Waals surface area contributed by atoms with Gasteiger partial charge in [0.25, 0.3) is 5.91 Å². The van der Waals surface area contributed by atoms with E-state index in [1.54, 1.807) is 30.3 Å². The Balaban J connectivity index is 1.50. The maximum absolute atomic E-state index is 12.2. The van der Waals surface area contributed by atoms with E-state index in [1.807, 2.05) is 42.5 Å². The molecular weight excluding hydrogens is 504 g/mol. The maximum Gasteiger partial charge on any atom is 0.268 e. The Bertz CT molecular complexity index is 1330. The summed E-state index contributed by atoms with van der Waals surface area (Å²) in [7, 11) is 0. The summed E-state index contributed by atoms with van der Waals surface area (Å²) >= 11 is 5.97. The minimum Gasteiger partial charge on any atom is -0.391 e. The number of hydroxylamine groups is 1. The molecule has 2 atom stereocenters. The average Bonchev–Trinajstić information content (AvgIpc) is 2.91. The van der Waals surface area contributed by atoms with Crippen molar-refractivity contribution in [3.63, 3.8) is 0 Å². The van der Waals surface area contributed by atoms with Gasteiger partial charge in [0.1, 0.15) is 6.04 Å². The summed E-state index contributed by atoms with van der Waals surface area (Å²) in [6.45, 7) is 6.03. The molecule has 0 aliphatic carbocycles. The van der Waals surface area contributed by atoms with Crippen molar-refractivity contribution in [1.82, 2.24) is 16.1 Å². The quantitative estimate of drug-likeness (QED) is 0.135. The van der Waals surface area contributed by atoms with Crippen LogP contribution in [-0.4, -0.2) is 40.8 Å². The molecule has 0 aromatic heterocycles. The van der Waals surface area contributed by atoms with Gasteiger partial charge in [0.05, 0.1) is 12.6 Å². The summed E-state index contributed by atoms with van der Waals surface area (Å²) in [5, 5.41) is 28.0. The smallest absolute Gasteiger partial charge is 0.268 e. The topological polar surface area (TPSA) is 123 Å². The molecule has 0 aliphatic rings. The lowest BCUT2D eigenvalue weighted by Gasteiger charge is -2.21. The molecule has 0 radical (unpaired) electrons. The normalized spacial score (nSPS) is 11.9. The van der Waals surface area contributed by atoms with E-state index < -0.39 is 18.1 Å². The molecule has 38 heavy (non-hydrogen) atoms. The summed E-state index contributed by atoms with van der Waals surface area (Å²) in [5.41, 5.74) is 5.87. The molecule has 0 unspecified atom stereocenters. The van der Waals surface area contributed by atoms with Crippen LogP contribution in [0.2, 0.25) is 5.02 Å². The highest BCUT2D eigenvalue weighted by Crippen LogP contribution is 2.14. The number of amides is 2. The van der Waals surface area contributed by atoms with E-state index in [0.29, 0.717) is 28.5 Å². The molecule has 0 spiro atoms. The van der Waals surface area contributed by atoms with Crippen molar-refractivity contribution in [2.75, 3.05) is 11.9 Å². The van der Waals surface area contributed by atoms with Crippen molar-refractivity contribution in [2.24, 2.45) is 0 Å². The van der Waals surface area contributed by atoms with Gasteiger partial charge in [0, 0.05) is 34.1 Å². The van der Waals surface area contributed by atoms with Crippen LogP contribution in [0.15, 0.2) is 79.4 Å². The first-order valence-electron chi connectivity index (χ1n) is 11.8. The molecule has 0 fully saturated rings. The molecule has 0 heterocycles. The van der Waals surface area contributed by atoms with Crippen LogP contribution >= 0.6 is 11.6 Å². The number of rotatable bonds is 10. The minimum atomic E-state index is -1.05. The van der Waals surface area contributed by atoms with Gasteiger partial charge >= 0.3 is 0 Å². The van der Waals surface area contributed by atoms with E-state index in [-0.39, 0.29) is 12.5 Å². The molecule has 0 aliphatic heterocycles. The maximum atomic E-state index is 12.2. The molecule has 8 nitrogen and oxygen atoms in total. The second kappa shape index (κ2) is 14.0. The zero-order valence-corrected chi connectivity index (χ0v) is 21.5. The molecule has 0 saturated carbocycles. The number of carbonyl (C=O) groups is 2. The first kappa shape index (κ1) is 28.4. The second-order valence-electron chi connectivity index (χ2n) is 8.50. The van der Waals surface area contributed by atoms with E-state index >= 15 is 0 Å². The van der Waals surface area contributed by atoms with Gasteiger partial charge in [-0.1, -0.05) is 54.3 Å². The number of aliphatic hydroxyl groups is 1. The number of halogens is 1. The van der Waals surface area contributed by atoms with Crippen molar-refractivity contribution in [3.05, 3.63) is 107 Å². The van der Waals surface area contributed by atoms with E-state index in [9.17, 15) is 14.7 Å². The largest absolute Gasteiger partial charge is 0.391 e. The van der Waals surface area contributed by atoms with Crippen LogP contribution in [0.1, 0.15) is 29.2 Å². The van der Waals surface area contributed by atoms with E-state index in [1.165, 1.54) is 12.4 Å². The van der Waals surface area contributed by atoms with Gasteiger partial charge in [-0.3, -0.25) is 14.8 Å². The fourth-order valence-corrected chi connectivity index (χ4v) is 3.67. The van der Waals surface area contributed by atoms with Crippen LogP contribution in [0, 0.1) is 11.8 Å². The number of aliphatic hydroxyl groups excluding tert-OH is 1. The summed E-state index contributed by atoms with van der Waals surface area (Å²) < 4.78 is 0. The third-order valence-corrected chi connectivity index (χ3v) is 5.70. The zero-order chi connectivity index (χ0) is 27.5. The number of anilines is 1. The molecule has 9 heteroatoms. The lowest BCUT2D eigenvalue weighted by Crippen LogP contribution is -2.48. The van der Waals surface area contributed by atoms with Crippen LogP contribution in [0.4, 0.5) is 5.69 Å². The highest BCUT2D eigenvalue weighted by Gasteiger charge is 2.23. The summed E-state index contributed by atoms with van der Waals surface area (Å²) in [6, 6.07) is 20.8. The fraction of sp³-hybridized carbons (Fsp3) is 0.172. The summed E-state index contributed by atoms with van der Waals surface area (Å²) in [5.74, 6) is 5.24. The molecule has 3 aromatic rings. The van der Waals surface area contributed by atoms with Crippen molar-refractivity contribution in [1.29, 1.82) is 0 Å². The van der Waals surface area contributed by atoms with Gasteiger partial charge < -0.3 is 21.1 Å². The van der Waals surface area contributed by atoms with Crippen LogP contribution in [-0.2, 0) is 16.1 Å². The van der Waals surface area contributed by atoms with Crippen molar-refractivity contribution >= 4 is 34.8 Å². The number of carbonyl (C=O) groups excluding carboxylic acids is 2. The number of hydrogen-bond donors (Lipinski definition) is 6. The molecule has 6 N–H and O–H groups in total. The van der Waals surface area contributed by atoms with E-state index in [0.717, 1.165) is 16.7 Å². The van der Waals surface area contributed by atoms with Crippen molar-refractivity contribution in [3.8, 4) is 11.8 Å². The van der Waals surface area contributed by atoms with Gasteiger partial charge in [0.15, 0.2) is 0 Å².